The molecule has 0 saturated heterocycles. The number of likely N-dealkylation sites (N-methyl/N-ethyl adjacent to an activating group) is 1. The van der Waals surface area contributed by atoms with E-state index in [1.165, 1.54) is 0 Å². The van der Waals surface area contributed by atoms with Crippen molar-refractivity contribution in [2.45, 2.75) is 25.7 Å². The molecule has 1 saturated carbocycles. The van der Waals surface area contributed by atoms with Gasteiger partial charge in [-0.2, -0.15) is 0 Å². The molecule has 0 atom stereocenters. The Morgan fingerprint density at radius 1 is 1.41 bits per heavy atom. The van der Waals surface area contributed by atoms with Crippen LogP contribution in [0.25, 0.3) is 0 Å². The van der Waals surface area contributed by atoms with E-state index in [-0.39, 0.29) is 23.7 Å². The summed E-state index contributed by atoms with van der Waals surface area (Å²) in [6, 6.07) is 7.26. The molecule has 1 fully saturated rings. The first-order valence-corrected chi connectivity index (χ1v) is 7.79. The molecule has 2 N–H and O–H groups in total. The highest BCUT2D eigenvalue weighted by atomic mass is 35.5. The fourth-order valence-electron chi connectivity index (χ4n) is 2.92. The van der Waals surface area contributed by atoms with Crippen LogP contribution in [0.5, 0.6) is 5.75 Å². The predicted octanol–water partition coefficient (Wildman–Crippen LogP) is 3.12. The topological polar surface area (TPSA) is 55.6 Å². The molecule has 0 spiro atoms. The minimum Gasteiger partial charge on any atom is -0.492 e. The van der Waals surface area contributed by atoms with Gasteiger partial charge in [0.15, 0.2) is 0 Å². The number of nitrogens with two attached hydrogens (primary N) is 1. The van der Waals surface area contributed by atoms with E-state index < -0.39 is 0 Å². The maximum atomic E-state index is 12.6. The fourth-order valence-corrected chi connectivity index (χ4v) is 3.10. The minimum absolute atomic E-state index is 0. The number of hydrogen-bond acceptors (Lipinski definition) is 3. The molecule has 1 amide bonds. The van der Waals surface area contributed by atoms with Crippen molar-refractivity contribution < 1.29 is 9.53 Å². The van der Waals surface area contributed by atoms with Gasteiger partial charge in [-0.05, 0) is 31.0 Å². The molecule has 124 valence electrons. The maximum absolute atomic E-state index is 12.6. The number of ether oxygens (including phenoxy) is 1. The van der Waals surface area contributed by atoms with Crippen LogP contribution in [0.15, 0.2) is 24.3 Å². The summed E-state index contributed by atoms with van der Waals surface area (Å²) in [6.07, 6.45) is 4.00. The summed E-state index contributed by atoms with van der Waals surface area (Å²) in [5.74, 6) is 0.870. The molecule has 0 unspecified atom stereocenters. The molecule has 1 aliphatic carbocycles. The molecule has 0 aromatic heterocycles. The summed E-state index contributed by atoms with van der Waals surface area (Å²) < 4.78 is 5.63. The Morgan fingerprint density at radius 2 is 2.09 bits per heavy atom. The Labute approximate surface area is 143 Å². The van der Waals surface area contributed by atoms with Crippen LogP contribution >= 0.6 is 24.0 Å². The van der Waals surface area contributed by atoms with Crippen LogP contribution in [0.3, 0.4) is 0 Å². The molecule has 1 aromatic rings. The molecular formula is C16H24Cl2N2O2. The number of amides is 1. The molecule has 0 radical (unpaired) electrons. The van der Waals surface area contributed by atoms with Crippen molar-refractivity contribution in [2.75, 3.05) is 26.7 Å². The molecule has 1 aromatic carbocycles. The average molecular weight is 347 g/mol. The van der Waals surface area contributed by atoms with Gasteiger partial charge in [0.2, 0.25) is 5.91 Å². The van der Waals surface area contributed by atoms with Crippen LogP contribution in [0, 0.1) is 5.41 Å². The summed E-state index contributed by atoms with van der Waals surface area (Å²) in [5.41, 5.74) is 5.51. The largest absolute Gasteiger partial charge is 0.492 e. The van der Waals surface area contributed by atoms with Crippen LogP contribution in [-0.4, -0.2) is 37.6 Å². The summed E-state index contributed by atoms with van der Waals surface area (Å²) in [4.78, 5) is 14.3. The highest BCUT2D eigenvalue weighted by Gasteiger charge is 2.41. The zero-order valence-corrected chi connectivity index (χ0v) is 14.5. The summed E-state index contributed by atoms with van der Waals surface area (Å²) in [7, 11) is 1.82. The third kappa shape index (κ3) is 4.51. The zero-order chi connectivity index (χ0) is 15.3. The van der Waals surface area contributed by atoms with E-state index in [2.05, 4.69) is 0 Å². The number of nitrogens with zero attached hydrogens (tertiary/aromatic N) is 1. The van der Waals surface area contributed by atoms with Crippen molar-refractivity contribution in [3.63, 3.8) is 0 Å². The first kappa shape index (κ1) is 19.1. The highest BCUT2D eigenvalue weighted by molar-refractivity contribution is 6.30. The van der Waals surface area contributed by atoms with E-state index in [1.54, 1.807) is 17.0 Å². The average Bonchev–Trinajstić information content (AvgIpc) is 2.96. The van der Waals surface area contributed by atoms with Gasteiger partial charge in [0.1, 0.15) is 12.4 Å². The molecule has 22 heavy (non-hydrogen) atoms. The Morgan fingerprint density at radius 3 is 2.68 bits per heavy atom. The third-order valence-electron chi connectivity index (χ3n) is 4.24. The van der Waals surface area contributed by atoms with Crippen molar-refractivity contribution in [1.82, 2.24) is 4.90 Å². The number of hydrogen-bond donors (Lipinski definition) is 1. The van der Waals surface area contributed by atoms with E-state index in [4.69, 9.17) is 22.1 Å². The highest BCUT2D eigenvalue weighted by Crippen LogP contribution is 2.38. The normalized spacial score (nSPS) is 16.0. The van der Waals surface area contributed by atoms with E-state index in [9.17, 15) is 4.79 Å². The van der Waals surface area contributed by atoms with Gasteiger partial charge in [-0.25, -0.2) is 0 Å². The Balaban J connectivity index is 0.00000242. The van der Waals surface area contributed by atoms with Gasteiger partial charge in [-0.1, -0.05) is 30.5 Å². The zero-order valence-electron chi connectivity index (χ0n) is 12.9. The number of benzene rings is 1. The van der Waals surface area contributed by atoms with Gasteiger partial charge in [0.25, 0.3) is 0 Å². The standard InChI is InChI=1S/C16H23ClN2O2.ClH/c1-19(15(20)16(12-18)7-2-3-8-16)9-10-21-14-6-4-5-13(17)11-14;/h4-6,11H,2-3,7-10,12,18H2,1H3;1H. The first-order chi connectivity index (χ1) is 10.1. The fraction of sp³-hybridized carbons (Fsp3) is 0.562. The quantitative estimate of drug-likeness (QED) is 0.860. The van der Waals surface area contributed by atoms with Gasteiger partial charge in [-0.3, -0.25) is 4.79 Å². The van der Waals surface area contributed by atoms with Crippen molar-refractivity contribution in [3.05, 3.63) is 29.3 Å². The third-order valence-corrected chi connectivity index (χ3v) is 4.48. The monoisotopic (exact) mass is 346 g/mol. The Hall–Kier alpha value is -0.970. The van der Waals surface area contributed by atoms with Crippen LogP contribution in [-0.2, 0) is 4.79 Å². The second-order valence-electron chi connectivity index (χ2n) is 5.72. The van der Waals surface area contributed by atoms with Gasteiger partial charge >= 0.3 is 0 Å². The second kappa shape index (κ2) is 8.61. The van der Waals surface area contributed by atoms with Gasteiger partial charge in [0.05, 0.1) is 12.0 Å². The Kier molecular flexibility index (Phi) is 7.46. The molecule has 6 heteroatoms. The SMILES string of the molecule is CN(CCOc1cccc(Cl)c1)C(=O)C1(CN)CCCC1.Cl. The van der Waals surface area contributed by atoms with Crippen molar-refractivity contribution in [1.29, 1.82) is 0 Å². The van der Waals surface area contributed by atoms with Gasteiger partial charge in [-0.15, -0.1) is 12.4 Å². The van der Waals surface area contributed by atoms with Crippen LogP contribution in [0.2, 0.25) is 5.02 Å². The van der Waals surface area contributed by atoms with E-state index in [1.807, 2.05) is 19.2 Å². The number of rotatable bonds is 6. The lowest BCUT2D eigenvalue weighted by molar-refractivity contribution is -0.140. The lowest BCUT2D eigenvalue weighted by Crippen LogP contribution is -2.46. The van der Waals surface area contributed by atoms with E-state index >= 15 is 0 Å². The Bertz CT molecular complexity index is 491. The van der Waals surface area contributed by atoms with Crippen molar-refractivity contribution in [2.24, 2.45) is 11.1 Å². The first-order valence-electron chi connectivity index (χ1n) is 7.41. The molecule has 0 aliphatic heterocycles. The minimum atomic E-state index is -0.342. The molecule has 4 nitrogen and oxygen atoms in total. The lowest BCUT2D eigenvalue weighted by atomic mass is 9.85. The molecule has 2 rings (SSSR count). The number of carbonyl (C=O) groups excluding carboxylic acids is 1. The van der Waals surface area contributed by atoms with E-state index in [0.717, 1.165) is 31.4 Å². The predicted molar refractivity (Wildman–Crippen MR) is 91.8 cm³/mol. The second-order valence-corrected chi connectivity index (χ2v) is 6.16. The lowest BCUT2D eigenvalue weighted by Gasteiger charge is -2.31. The van der Waals surface area contributed by atoms with Crippen molar-refractivity contribution >= 4 is 29.9 Å². The summed E-state index contributed by atoms with van der Waals surface area (Å²) in [5, 5.41) is 0.643. The summed E-state index contributed by atoms with van der Waals surface area (Å²) >= 11 is 5.90. The maximum Gasteiger partial charge on any atom is 0.229 e. The molecule has 0 bridgehead atoms. The smallest absolute Gasteiger partial charge is 0.229 e. The molecule has 1 aliphatic rings. The number of halogens is 2. The van der Waals surface area contributed by atoms with Crippen molar-refractivity contribution in [3.8, 4) is 5.75 Å². The van der Waals surface area contributed by atoms with Crippen LogP contribution in [0.4, 0.5) is 0 Å². The van der Waals surface area contributed by atoms with Crippen LogP contribution < -0.4 is 10.5 Å². The molecule has 0 heterocycles. The van der Waals surface area contributed by atoms with Gasteiger partial charge < -0.3 is 15.4 Å². The van der Waals surface area contributed by atoms with E-state index in [0.29, 0.717) is 24.7 Å². The van der Waals surface area contributed by atoms with Gasteiger partial charge in [0, 0.05) is 18.6 Å². The molecular weight excluding hydrogens is 323 g/mol. The number of carbonyl (C=O) groups is 1. The van der Waals surface area contributed by atoms with Crippen LogP contribution in [0.1, 0.15) is 25.7 Å². The summed E-state index contributed by atoms with van der Waals surface area (Å²) in [6.45, 7) is 1.43.